The lowest BCUT2D eigenvalue weighted by molar-refractivity contribution is 0.0948. The maximum Gasteiger partial charge on any atom is 0.254 e. The fourth-order valence-corrected chi connectivity index (χ4v) is 1.73. The number of carbonyl (C=O) groups excluding carboxylic acids is 1. The van der Waals surface area contributed by atoms with Gasteiger partial charge < -0.3 is 10.4 Å². The van der Waals surface area contributed by atoms with Gasteiger partial charge in [0.15, 0.2) is 0 Å². The number of aliphatic hydroxyl groups excluding tert-OH is 1. The molecule has 106 valence electrons. The molecule has 1 aromatic rings. The quantitative estimate of drug-likeness (QED) is 0.599. The van der Waals surface area contributed by atoms with Crippen molar-refractivity contribution in [2.24, 2.45) is 0 Å². The Hall–Kier alpha value is -1.20. The van der Waals surface area contributed by atoms with Gasteiger partial charge in [-0.2, -0.15) is 0 Å². The number of aliphatic hydroxyl groups is 1. The van der Waals surface area contributed by atoms with Crippen molar-refractivity contribution in [3.63, 3.8) is 0 Å². The zero-order valence-corrected chi connectivity index (χ0v) is 11.1. The van der Waals surface area contributed by atoms with Gasteiger partial charge in [-0.05, 0) is 25.0 Å². The molecule has 0 saturated carbocycles. The van der Waals surface area contributed by atoms with E-state index in [4.69, 9.17) is 16.7 Å². The van der Waals surface area contributed by atoms with E-state index >= 15 is 0 Å². The maximum absolute atomic E-state index is 13.4. The monoisotopic (exact) mass is 291 g/mol. The molecule has 0 saturated heterocycles. The van der Waals surface area contributed by atoms with E-state index < -0.39 is 17.5 Å². The van der Waals surface area contributed by atoms with Gasteiger partial charge in [0, 0.05) is 13.2 Å². The Balaban J connectivity index is 2.43. The van der Waals surface area contributed by atoms with Crippen molar-refractivity contribution < 1.29 is 18.7 Å². The molecule has 0 atom stereocenters. The second kappa shape index (κ2) is 8.07. The van der Waals surface area contributed by atoms with Gasteiger partial charge in [-0.3, -0.25) is 4.79 Å². The number of halogens is 3. The van der Waals surface area contributed by atoms with Crippen LogP contribution in [-0.4, -0.2) is 24.2 Å². The highest BCUT2D eigenvalue weighted by Gasteiger charge is 2.14. The van der Waals surface area contributed by atoms with E-state index in [9.17, 15) is 13.6 Å². The van der Waals surface area contributed by atoms with Crippen molar-refractivity contribution in [3.8, 4) is 0 Å². The SMILES string of the molecule is O=C(NCCCCCCO)c1cc(F)c(Cl)cc1F. The Bertz CT molecular complexity index is 441. The maximum atomic E-state index is 13.4. The minimum absolute atomic E-state index is 0.154. The summed E-state index contributed by atoms with van der Waals surface area (Å²) in [4.78, 5) is 11.6. The summed E-state index contributed by atoms with van der Waals surface area (Å²) in [6.45, 7) is 0.537. The van der Waals surface area contributed by atoms with E-state index in [1.54, 1.807) is 0 Å². The molecular weight excluding hydrogens is 276 g/mol. The Labute approximate surface area is 115 Å². The number of hydrogen-bond acceptors (Lipinski definition) is 2. The summed E-state index contributed by atoms with van der Waals surface area (Å²) in [5, 5.41) is 10.7. The number of nitrogens with one attached hydrogen (secondary N) is 1. The lowest BCUT2D eigenvalue weighted by Gasteiger charge is -2.07. The van der Waals surface area contributed by atoms with Crippen LogP contribution in [0.25, 0.3) is 0 Å². The number of hydrogen-bond donors (Lipinski definition) is 2. The van der Waals surface area contributed by atoms with E-state index in [0.717, 1.165) is 37.8 Å². The minimum atomic E-state index is -0.843. The van der Waals surface area contributed by atoms with E-state index in [2.05, 4.69) is 5.32 Å². The molecule has 0 heterocycles. The third-order valence-corrected chi connectivity index (χ3v) is 2.91. The van der Waals surface area contributed by atoms with Crippen LogP contribution in [0.5, 0.6) is 0 Å². The topological polar surface area (TPSA) is 49.3 Å². The van der Waals surface area contributed by atoms with E-state index in [1.165, 1.54) is 0 Å². The average molecular weight is 292 g/mol. The van der Waals surface area contributed by atoms with Gasteiger partial charge in [-0.25, -0.2) is 8.78 Å². The molecule has 2 N–H and O–H groups in total. The minimum Gasteiger partial charge on any atom is -0.396 e. The molecule has 0 aliphatic heterocycles. The number of unbranched alkanes of at least 4 members (excludes halogenated alkanes) is 3. The van der Waals surface area contributed by atoms with Gasteiger partial charge in [-0.15, -0.1) is 0 Å². The van der Waals surface area contributed by atoms with Crippen LogP contribution in [0.3, 0.4) is 0 Å². The molecule has 0 fully saturated rings. The van der Waals surface area contributed by atoms with Crippen LogP contribution in [0, 0.1) is 11.6 Å². The van der Waals surface area contributed by atoms with Gasteiger partial charge >= 0.3 is 0 Å². The van der Waals surface area contributed by atoms with Crippen LogP contribution in [-0.2, 0) is 0 Å². The standard InChI is InChI=1S/C13H16ClF2NO2/c14-10-8-11(15)9(7-12(10)16)13(19)17-5-3-1-2-4-6-18/h7-8,18H,1-6H2,(H,17,19). The first-order valence-electron chi connectivity index (χ1n) is 6.10. The Morgan fingerprint density at radius 2 is 1.84 bits per heavy atom. The average Bonchev–Trinajstić information content (AvgIpc) is 2.37. The predicted molar refractivity (Wildman–Crippen MR) is 69.3 cm³/mol. The number of benzene rings is 1. The van der Waals surface area contributed by atoms with E-state index in [1.807, 2.05) is 0 Å². The smallest absolute Gasteiger partial charge is 0.254 e. The summed E-state index contributed by atoms with van der Waals surface area (Å²) in [7, 11) is 0. The molecule has 3 nitrogen and oxygen atoms in total. The molecule has 1 amide bonds. The Morgan fingerprint density at radius 1 is 1.16 bits per heavy atom. The summed E-state index contributed by atoms with van der Waals surface area (Å²) in [5.74, 6) is -2.32. The van der Waals surface area contributed by atoms with Crippen molar-refractivity contribution in [2.45, 2.75) is 25.7 Å². The van der Waals surface area contributed by atoms with Gasteiger partial charge in [0.05, 0.1) is 10.6 Å². The lowest BCUT2D eigenvalue weighted by Crippen LogP contribution is -2.25. The molecule has 0 aromatic heterocycles. The highest BCUT2D eigenvalue weighted by molar-refractivity contribution is 6.30. The van der Waals surface area contributed by atoms with Crippen molar-refractivity contribution in [3.05, 3.63) is 34.4 Å². The van der Waals surface area contributed by atoms with Crippen LogP contribution in [0.1, 0.15) is 36.0 Å². The van der Waals surface area contributed by atoms with Crippen molar-refractivity contribution in [2.75, 3.05) is 13.2 Å². The Kier molecular flexibility index (Phi) is 6.73. The first-order valence-corrected chi connectivity index (χ1v) is 6.47. The predicted octanol–water partition coefficient (Wildman–Crippen LogP) is 2.90. The van der Waals surface area contributed by atoms with Gasteiger partial charge in [0.25, 0.3) is 5.91 Å². The van der Waals surface area contributed by atoms with Crippen LogP contribution in [0.2, 0.25) is 5.02 Å². The largest absolute Gasteiger partial charge is 0.396 e. The third kappa shape index (κ3) is 5.12. The van der Waals surface area contributed by atoms with Crippen molar-refractivity contribution in [1.29, 1.82) is 0 Å². The van der Waals surface area contributed by atoms with Crippen LogP contribution < -0.4 is 5.32 Å². The summed E-state index contributed by atoms with van der Waals surface area (Å²) in [6, 6.07) is 1.58. The van der Waals surface area contributed by atoms with Crippen molar-refractivity contribution in [1.82, 2.24) is 5.32 Å². The zero-order valence-electron chi connectivity index (χ0n) is 10.4. The highest BCUT2D eigenvalue weighted by Crippen LogP contribution is 2.19. The molecule has 6 heteroatoms. The molecule has 0 unspecified atom stereocenters. The molecule has 0 bridgehead atoms. The summed E-state index contributed by atoms with van der Waals surface area (Å²) < 4.78 is 26.6. The molecule has 0 aliphatic carbocycles. The normalized spacial score (nSPS) is 10.5. The molecule has 0 aliphatic rings. The zero-order chi connectivity index (χ0) is 14.3. The van der Waals surface area contributed by atoms with Crippen LogP contribution in [0.4, 0.5) is 8.78 Å². The van der Waals surface area contributed by atoms with Gasteiger partial charge in [0.2, 0.25) is 0 Å². The molecule has 1 aromatic carbocycles. The second-order valence-corrected chi connectivity index (χ2v) is 4.55. The van der Waals surface area contributed by atoms with E-state index in [-0.39, 0.29) is 17.2 Å². The molecule has 0 spiro atoms. The summed E-state index contributed by atoms with van der Waals surface area (Å²) >= 11 is 5.40. The second-order valence-electron chi connectivity index (χ2n) is 4.14. The number of rotatable bonds is 7. The summed E-state index contributed by atoms with van der Waals surface area (Å²) in [5.41, 5.74) is -0.350. The molecule has 0 radical (unpaired) electrons. The fourth-order valence-electron chi connectivity index (χ4n) is 1.58. The molecular formula is C13H16ClF2NO2. The number of carbonyl (C=O) groups is 1. The first-order chi connectivity index (χ1) is 9.06. The lowest BCUT2D eigenvalue weighted by atomic mass is 10.1. The van der Waals surface area contributed by atoms with Crippen molar-refractivity contribution >= 4 is 17.5 Å². The first kappa shape index (κ1) is 15.9. The van der Waals surface area contributed by atoms with Gasteiger partial charge in [0.1, 0.15) is 11.6 Å². The fraction of sp³-hybridized carbons (Fsp3) is 0.462. The molecule has 1 rings (SSSR count). The third-order valence-electron chi connectivity index (χ3n) is 2.63. The summed E-state index contributed by atoms with van der Waals surface area (Å²) in [6.07, 6.45) is 3.18. The van der Waals surface area contributed by atoms with Gasteiger partial charge in [-0.1, -0.05) is 24.4 Å². The number of amides is 1. The Morgan fingerprint density at radius 3 is 2.53 bits per heavy atom. The molecule has 19 heavy (non-hydrogen) atoms. The van der Waals surface area contributed by atoms with Crippen LogP contribution in [0.15, 0.2) is 12.1 Å². The van der Waals surface area contributed by atoms with Crippen LogP contribution >= 0.6 is 11.6 Å². The highest BCUT2D eigenvalue weighted by atomic mass is 35.5. The van der Waals surface area contributed by atoms with E-state index in [0.29, 0.717) is 6.54 Å².